The molecule has 0 bridgehead atoms. The third kappa shape index (κ3) is 9.63. The van der Waals surface area contributed by atoms with Gasteiger partial charge in [-0.1, -0.05) is 11.6 Å². The average molecular weight is 222 g/mol. The van der Waals surface area contributed by atoms with Gasteiger partial charge in [0.15, 0.2) is 22.9 Å². The molecule has 1 aromatic heterocycles. The van der Waals surface area contributed by atoms with Gasteiger partial charge < -0.3 is 17.3 Å². The molecule has 0 aliphatic heterocycles. The normalized spacial score (nSPS) is 10.5. The first-order valence-corrected chi connectivity index (χ1v) is 3.79. The monoisotopic (exact) mass is 222 g/mol. The molecule has 2 nitrogen and oxygen atoms in total. The van der Waals surface area contributed by atoms with Crippen LogP contribution in [-0.4, -0.2) is 12.4 Å². The van der Waals surface area contributed by atoms with Gasteiger partial charge in [0, 0.05) is 5.10 Å². The summed E-state index contributed by atoms with van der Waals surface area (Å²) >= 11 is 6.91. The number of hydrogen-bond acceptors (Lipinski definition) is 2. The summed E-state index contributed by atoms with van der Waals surface area (Å²) in [6.07, 6.45) is 1.62. The van der Waals surface area contributed by atoms with E-state index in [1.165, 1.54) is 11.5 Å². The van der Waals surface area contributed by atoms with Crippen LogP contribution in [-0.2, 0) is 7.05 Å². The predicted molar refractivity (Wildman–Crippen MR) is 38.5 cm³/mol. The van der Waals surface area contributed by atoms with Crippen molar-refractivity contribution in [3.05, 3.63) is 10.5 Å². The Morgan fingerprint density at radius 1 is 1.50 bits per heavy atom. The molecule has 0 fully saturated rings. The molecule has 0 aliphatic rings. The van der Waals surface area contributed by atoms with Gasteiger partial charge in [-0.3, -0.25) is 0 Å². The van der Waals surface area contributed by atoms with Gasteiger partial charge in [-0.05, 0) is 4.07 Å². The number of aryl methyl sites for hydroxylation is 1. The lowest BCUT2D eigenvalue weighted by Crippen LogP contribution is -2.24. The Labute approximate surface area is 75.0 Å². The Morgan fingerprint density at radius 3 is 2.00 bits per heavy atom. The van der Waals surface area contributed by atoms with Gasteiger partial charge in [0.2, 0.25) is 0 Å². The molecule has 12 heavy (non-hydrogen) atoms. The minimum Gasteiger partial charge on any atom is -0.418 e. The highest BCUT2D eigenvalue weighted by Gasteiger charge is 2.20. The van der Waals surface area contributed by atoms with Gasteiger partial charge in [0.25, 0.3) is 0 Å². The molecular weight excluding hydrogens is 218 g/mol. The van der Waals surface area contributed by atoms with Crippen molar-refractivity contribution in [2.24, 2.45) is 7.05 Å². The zero-order valence-corrected chi connectivity index (χ0v) is 7.42. The lowest BCUT2D eigenvalue weighted by atomic mass is 10.3. The van der Waals surface area contributed by atoms with Crippen LogP contribution in [0.3, 0.4) is 0 Å². The Balaban J connectivity index is 0.000000217. The molecular formula is C3H4BClF4N2S. The first-order chi connectivity index (χ1) is 5.29. The first kappa shape index (κ1) is 11.6. The van der Waals surface area contributed by atoms with Gasteiger partial charge in [-0.2, -0.15) is 0 Å². The molecule has 1 rings (SSSR count). The van der Waals surface area contributed by atoms with Gasteiger partial charge in [0.05, 0.1) is 0 Å². The zero-order chi connectivity index (χ0) is 9.78. The smallest absolute Gasteiger partial charge is 0.418 e. The van der Waals surface area contributed by atoms with Crippen molar-refractivity contribution in [3.8, 4) is 0 Å². The molecule has 0 saturated carbocycles. The lowest BCUT2D eigenvalue weighted by Gasteiger charge is -1.94. The van der Waals surface area contributed by atoms with Crippen LogP contribution in [0.4, 0.5) is 17.3 Å². The van der Waals surface area contributed by atoms with Crippen LogP contribution >= 0.6 is 23.1 Å². The molecule has 9 heteroatoms. The van der Waals surface area contributed by atoms with Crippen LogP contribution in [0.1, 0.15) is 0 Å². The fourth-order valence-electron chi connectivity index (χ4n) is 0.300. The Bertz CT molecular complexity index is 216. The van der Waals surface area contributed by atoms with E-state index in [1.54, 1.807) is 10.3 Å². The van der Waals surface area contributed by atoms with E-state index >= 15 is 0 Å². The van der Waals surface area contributed by atoms with Crippen molar-refractivity contribution in [1.82, 2.24) is 5.10 Å². The minimum atomic E-state index is -6.00. The van der Waals surface area contributed by atoms with Crippen molar-refractivity contribution in [1.29, 1.82) is 0 Å². The van der Waals surface area contributed by atoms with E-state index in [4.69, 9.17) is 11.6 Å². The number of rotatable bonds is 0. The van der Waals surface area contributed by atoms with Gasteiger partial charge >= 0.3 is 7.25 Å². The molecule has 0 amide bonds. The summed E-state index contributed by atoms with van der Waals surface area (Å²) in [7, 11) is -4.16. The van der Waals surface area contributed by atoms with Crippen molar-refractivity contribution in [2.75, 3.05) is 0 Å². The van der Waals surface area contributed by atoms with Crippen LogP contribution in [0.25, 0.3) is 0 Å². The van der Waals surface area contributed by atoms with Crippen LogP contribution in [0.15, 0.2) is 6.20 Å². The van der Waals surface area contributed by atoms with Crippen LogP contribution in [0.2, 0.25) is 4.34 Å². The summed E-state index contributed by atoms with van der Waals surface area (Å²) in [5, 5.41) is 3.82. The van der Waals surface area contributed by atoms with Gasteiger partial charge in [0.1, 0.15) is 6.20 Å². The number of hydrogen-bond donors (Lipinski definition) is 0. The van der Waals surface area contributed by atoms with E-state index in [0.29, 0.717) is 0 Å². The molecule has 0 radical (unpaired) electrons. The maximum absolute atomic E-state index is 9.75. The molecule has 0 N–H and O–H groups in total. The Morgan fingerprint density at radius 2 is 1.92 bits per heavy atom. The largest absolute Gasteiger partial charge is 0.673 e. The second kappa shape index (κ2) is 4.61. The quantitative estimate of drug-likeness (QED) is 0.372. The maximum atomic E-state index is 9.75. The molecule has 0 aliphatic carbocycles. The zero-order valence-electron chi connectivity index (χ0n) is 5.85. The van der Waals surface area contributed by atoms with E-state index in [-0.39, 0.29) is 0 Å². The van der Waals surface area contributed by atoms with Crippen molar-refractivity contribution < 1.29 is 21.3 Å². The van der Waals surface area contributed by atoms with Crippen molar-refractivity contribution in [3.63, 3.8) is 0 Å². The molecule has 0 atom stereocenters. The van der Waals surface area contributed by atoms with E-state index in [0.717, 1.165) is 4.34 Å². The fraction of sp³-hybridized carbons (Fsp3) is 0.333. The maximum Gasteiger partial charge on any atom is 0.673 e. The third-order valence-corrected chi connectivity index (χ3v) is 1.48. The summed E-state index contributed by atoms with van der Waals surface area (Å²) in [5.41, 5.74) is 0. The SMILES string of the molecule is C[n+]1ncc(Cl)s1.F[B-](F)(F)F. The average Bonchev–Trinajstić information content (AvgIpc) is 2.09. The predicted octanol–water partition coefficient (Wildman–Crippen LogP) is 1.92. The Kier molecular flexibility index (Phi) is 4.47. The van der Waals surface area contributed by atoms with Gasteiger partial charge in [-0.25, -0.2) is 0 Å². The Hall–Kier alpha value is -0.365. The summed E-state index contributed by atoms with van der Waals surface area (Å²) in [6.45, 7) is 0. The van der Waals surface area contributed by atoms with E-state index in [9.17, 15) is 17.3 Å². The van der Waals surface area contributed by atoms with Crippen LogP contribution in [0, 0.1) is 0 Å². The van der Waals surface area contributed by atoms with E-state index < -0.39 is 7.25 Å². The molecule has 0 aromatic carbocycles. The lowest BCUT2D eigenvalue weighted by molar-refractivity contribution is -0.663. The summed E-state index contributed by atoms with van der Waals surface area (Å²) in [4.78, 5) is 0. The number of nitrogens with zero attached hydrogens (tertiary/aromatic N) is 2. The van der Waals surface area contributed by atoms with Crippen molar-refractivity contribution in [2.45, 2.75) is 0 Å². The van der Waals surface area contributed by atoms with E-state index in [2.05, 4.69) is 5.10 Å². The van der Waals surface area contributed by atoms with E-state index in [1.807, 2.05) is 7.05 Å². The summed E-state index contributed by atoms with van der Waals surface area (Å²) in [6, 6.07) is 0. The number of aromatic nitrogens is 2. The second-order valence-electron chi connectivity index (χ2n) is 1.60. The summed E-state index contributed by atoms with van der Waals surface area (Å²) < 4.78 is 41.4. The third-order valence-electron chi connectivity index (χ3n) is 0.541. The highest BCUT2D eigenvalue weighted by Crippen LogP contribution is 2.06. The molecule has 1 heterocycles. The number of halogens is 5. The molecule has 70 valence electrons. The summed E-state index contributed by atoms with van der Waals surface area (Å²) in [5.74, 6) is 0. The molecule has 1 aromatic rings. The highest BCUT2D eigenvalue weighted by molar-refractivity contribution is 7.06. The molecule has 0 saturated heterocycles. The molecule has 0 unspecified atom stereocenters. The standard InChI is InChI=1S/C3H4ClN2S.BF4/c1-6-5-2-3(4)7-6;2-1(3,4)5/h2H,1H3;/q+1;-1. The second-order valence-corrected chi connectivity index (χ2v) is 3.38. The van der Waals surface area contributed by atoms with Crippen LogP contribution in [0.5, 0.6) is 0 Å². The van der Waals surface area contributed by atoms with Crippen LogP contribution < -0.4 is 4.07 Å². The van der Waals surface area contributed by atoms with Gasteiger partial charge in [-0.15, -0.1) is 0 Å². The van der Waals surface area contributed by atoms with Crippen molar-refractivity contribution >= 4 is 30.4 Å². The molecule has 0 spiro atoms. The highest BCUT2D eigenvalue weighted by atomic mass is 35.5. The minimum absolute atomic E-state index is 0.725. The fourth-order valence-corrected chi connectivity index (χ4v) is 1.08. The first-order valence-electron chi connectivity index (χ1n) is 2.64. The topological polar surface area (TPSA) is 16.8 Å².